The smallest absolute Gasteiger partial charge is 0.340 e. The van der Waals surface area contributed by atoms with Crippen molar-refractivity contribution in [2.45, 2.75) is 19.3 Å². The van der Waals surface area contributed by atoms with Gasteiger partial charge in [-0.1, -0.05) is 42.0 Å². The summed E-state index contributed by atoms with van der Waals surface area (Å²) in [5, 5.41) is 3.37. The maximum Gasteiger partial charge on any atom is 0.340 e. The topological polar surface area (TPSA) is 60.5 Å². The molecule has 0 aliphatic carbocycles. The van der Waals surface area contributed by atoms with E-state index >= 15 is 0 Å². The highest BCUT2D eigenvalue weighted by molar-refractivity contribution is 5.95. The van der Waals surface area contributed by atoms with E-state index in [9.17, 15) is 4.79 Å². The van der Waals surface area contributed by atoms with Crippen LogP contribution in [0.4, 0.5) is 5.69 Å². The second-order valence-corrected chi connectivity index (χ2v) is 7.25. The summed E-state index contributed by atoms with van der Waals surface area (Å²) in [6.07, 6.45) is 4.17. The number of esters is 1. The van der Waals surface area contributed by atoms with E-state index in [1.807, 2.05) is 0 Å². The van der Waals surface area contributed by atoms with Gasteiger partial charge in [-0.15, -0.1) is 0 Å². The van der Waals surface area contributed by atoms with Gasteiger partial charge in [-0.25, -0.2) is 4.79 Å². The molecule has 0 fully saturated rings. The highest BCUT2D eigenvalue weighted by atomic mass is 16.5. The van der Waals surface area contributed by atoms with E-state index in [2.05, 4.69) is 59.7 Å². The average Bonchev–Trinajstić information content (AvgIpc) is 2.77. The van der Waals surface area contributed by atoms with Gasteiger partial charge in [0.25, 0.3) is 0 Å². The Labute approximate surface area is 170 Å². The number of aromatic nitrogens is 1. The number of hydrogen-bond acceptors (Lipinski definition) is 5. The van der Waals surface area contributed by atoms with Crippen molar-refractivity contribution in [3.8, 4) is 16.9 Å². The second-order valence-electron chi connectivity index (χ2n) is 7.25. The maximum absolute atomic E-state index is 12.0. The van der Waals surface area contributed by atoms with E-state index in [1.165, 1.54) is 23.8 Å². The molecule has 1 atom stereocenters. The van der Waals surface area contributed by atoms with Crippen LogP contribution in [0.2, 0.25) is 0 Å². The minimum Gasteiger partial charge on any atom is -0.493 e. The van der Waals surface area contributed by atoms with E-state index in [-0.39, 0.29) is 11.9 Å². The van der Waals surface area contributed by atoms with Crippen LogP contribution in [-0.4, -0.2) is 31.2 Å². The summed E-state index contributed by atoms with van der Waals surface area (Å²) in [5.74, 6) is 0.850. The Kier molecular flexibility index (Phi) is 5.47. The Balaban J connectivity index is 1.54. The number of nitrogens with zero attached hydrogens (tertiary/aromatic N) is 1. The Hall–Kier alpha value is -3.34. The van der Waals surface area contributed by atoms with E-state index in [4.69, 9.17) is 9.47 Å². The maximum atomic E-state index is 12.0. The van der Waals surface area contributed by atoms with Crippen molar-refractivity contribution in [3.05, 3.63) is 77.6 Å². The molecule has 0 bridgehead atoms. The van der Waals surface area contributed by atoms with Crippen LogP contribution in [0.15, 0.2) is 60.9 Å². The van der Waals surface area contributed by atoms with E-state index in [0.717, 1.165) is 17.7 Å². The lowest BCUT2D eigenvalue weighted by atomic mass is 9.90. The van der Waals surface area contributed by atoms with Gasteiger partial charge < -0.3 is 14.8 Å². The minimum absolute atomic E-state index is 0.288. The molecular formula is C24H24N2O3. The number of aryl methyl sites for hydroxylation is 1. The number of nitrogens with one attached hydrogen (secondary N) is 1. The molecule has 0 saturated heterocycles. The number of rotatable bonds is 5. The summed E-state index contributed by atoms with van der Waals surface area (Å²) in [5.41, 5.74) is 5.94. The Morgan fingerprint density at radius 3 is 2.90 bits per heavy atom. The summed E-state index contributed by atoms with van der Waals surface area (Å²) in [6, 6.07) is 16.6. The number of hydrogen-bond donors (Lipinski definition) is 1. The molecule has 3 aromatic rings. The molecule has 2 aromatic carbocycles. The number of ether oxygens (including phenoxy) is 2. The molecule has 29 heavy (non-hydrogen) atoms. The first-order valence-electron chi connectivity index (χ1n) is 9.75. The molecule has 0 radical (unpaired) electrons. The fourth-order valence-electron chi connectivity index (χ4n) is 3.74. The predicted molar refractivity (Wildman–Crippen MR) is 114 cm³/mol. The Morgan fingerprint density at radius 2 is 2.07 bits per heavy atom. The van der Waals surface area contributed by atoms with E-state index in [0.29, 0.717) is 24.4 Å². The van der Waals surface area contributed by atoms with Crippen LogP contribution in [0.5, 0.6) is 5.75 Å². The van der Waals surface area contributed by atoms with Crippen LogP contribution < -0.4 is 10.1 Å². The van der Waals surface area contributed by atoms with Crippen LogP contribution in [0.25, 0.3) is 11.1 Å². The van der Waals surface area contributed by atoms with Gasteiger partial charge in [0, 0.05) is 18.7 Å². The molecule has 1 aliphatic heterocycles. The number of carbonyl (C=O) groups excluding carboxylic acids is 1. The zero-order chi connectivity index (χ0) is 20.2. The van der Waals surface area contributed by atoms with Crippen LogP contribution >= 0.6 is 0 Å². The summed E-state index contributed by atoms with van der Waals surface area (Å²) in [7, 11) is 1.38. The van der Waals surface area contributed by atoms with Gasteiger partial charge in [-0.3, -0.25) is 4.98 Å². The molecule has 2 heterocycles. The Morgan fingerprint density at radius 1 is 1.21 bits per heavy atom. The monoisotopic (exact) mass is 388 g/mol. The summed E-state index contributed by atoms with van der Waals surface area (Å²) >= 11 is 0. The molecule has 0 unspecified atom stereocenters. The third-order valence-corrected chi connectivity index (χ3v) is 5.29. The number of anilines is 1. The molecule has 1 aliphatic rings. The molecule has 4 rings (SSSR count). The van der Waals surface area contributed by atoms with Crippen molar-refractivity contribution in [1.82, 2.24) is 4.98 Å². The number of carbonyl (C=O) groups is 1. The van der Waals surface area contributed by atoms with Crippen molar-refractivity contribution in [1.29, 1.82) is 0 Å². The molecule has 5 heteroatoms. The van der Waals surface area contributed by atoms with Gasteiger partial charge >= 0.3 is 5.97 Å². The first kappa shape index (κ1) is 19.0. The first-order valence-corrected chi connectivity index (χ1v) is 9.75. The molecule has 1 N–H and O–H groups in total. The number of fused-ring (bicyclic) bond motifs is 1. The van der Waals surface area contributed by atoms with Crippen LogP contribution in [0.1, 0.15) is 33.8 Å². The van der Waals surface area contributed by atoms with Crippen LogP contribution in [0.3, 0.4) is 0 Å². The van der Waals surface area contributed by atoms with E-state index < -0.39 is 0 Å². The molecular weight excluding hydrogens is 364 g/mol. The third kappa shape index (κ3) is 4.09. The Bertz CT molecular complexity index is 1030. The average molecular weight is 388 g/mol. The number of benzene rings is 2. The molecule has 5 nitrogen and oxygen atoms in total. The summed E-state index contributed by atoms with van der Waals surface area (Å²) in [6.45, 7) is 3.46. The fraction of sp³-hybridized carbons (Fsp3) is 0.250. The summed E-state index contributed by atoms with van der Waals surface area (Å²) < 4.78 is 10.8. The predicted octanol–water partition coefficient (Wildman–Crippen LogP) is 4.82. The van der Waals surface area contributed by atoms with Crippen molar-refractivity contribution in [2.24, 2.45) is 0 Å². The first-order chi connectivity index (χ1) is 14.2. The minimum atomic E-state index is -0.370. The lowest BCUT2D eigenvalue weighted by Crippen LogP contribution is -2.21. The lowest BCUT2D eigenvalue weighted by Gasteiger charge is -2.27. The fourth-order valence-corrected chi connectivity index (χ4v) is 3.74. The lowest BCUT2D eigenvalue weighted by molar-refractivity contribution is 0.0601. The molecule has 0 amide bonds. The van der Waals surface area contributed by atoms with Gasteiger partial charge in [-0.2, -0.15) is 0 Å². The SMILES string of the molecule is COC(=O)c1ccncc1NC[C@H]1CCOc2cc(-c3cccc(C)c3)ccc21. The quantitative estimate of drug-likeness (QED) is 0.635. The zero-order valence-corrected chi connectivity index (χ0v) is 16.6. The standard InChI is InChI=1S/C24H24N2O3/c1-16-4-3-5-17(12-16)18-6-7-20-19(9-11-29-23(20)13-18)14-26-22-15-25-10-8-21(22)24(27)28-2/h3-8,10,12-13,15,19,26H,9,11,14H2,1-2H3/t19-/m1/s1. The van der Waals surface area contributed by atoms with E-state index in [1.54, 1.807) is 18.5 Å². The molecule has 148 valence electrons. The van der Waals surface area contributed by atoms with Gasteiger partial charge in [0.2, 0.25) is 0 Å². The van der Waals surface area contributed by atoms with Crippen molar-refractivity contribution in [2.75, 3.05) is 25.6 Å². The van der Waals surface area contributed by atoms with Gasteiger partial charge in [-0.05, 0) is 42.2 Å². The highest BCUT2D eigenvalue weighted by Crippen LogP contribution is 2.37. The van der Waals surface area contributed by atoms with Crippen LogP contribution in [-0.2, 0) is 4.74 Å². The van der Waals surface area contributed by atoms with Crippen molar-refractivity contribution < 1.29 is 14.3 Å². The second kappa shape index (κ2) is 8.35. The summed E-state index contributed by atoms with van der Waals surface area (Å²) in [4.78, 5) is 16.1. The molecule has 0 saturated carbocycles. The van der Waals surface area contributed by atoms with Gasteiger partial charge in [0.1, 0.15) is 5.75 Å². The zero-order valence-electron chi connectivity index (χ0n) is 16.6. The van der Waals surface area contributed by atoms with Crippen molar-refractivity contribution >= 4 is 11.7 Å². The number of methoxy groups -OCH3 is 1. The van der Waals surface area contributed by atoms with Gasteiger partial charge in [0.15, 0.2) is 0 Å². The van der Waals surface area contributed by atoms with Gasteiger partial charge in [0.05, 0.1) is 31.2 Å². The highest BCUT2D eigenvalue weighted by Gasteiger charge is 2.23. The van der Waals surface area contributed by atoms with Crippen LogP contribution in [0, 0.1) is 6.92 Å². The number of pyridine rings is 1. The largest absolute Gasteiger partial charge is 0.493 e. The normalized spacial score (nSPS) is 15.2. The van der Waals surface area contributed by atoms with Crippen molar-refractivity contribution in [3.63, 3.8) is 0 Å². The third-order valence-electron chi connectivity index (χ3n) is 5.29. The molecule has 0 spiro atoms. The molecule has 1 aromatic heterocycles.